The van der Waals surface area contributed by atoms with E-state index in [4.69, 9.17) is 4.74 Å². The first-order valence-electron chi connectivity index (χ1n) is 8.44. The fourth-order valence-corrected chi connectivity index (χ4v) is 4.12. The van der Waals surface area contributed by atoms with Crippen LogP contribution in [-0.2, 0) is 14.8 Å². The van der Waals surface area contributed by atoms with E-state index in [0.717, 1.165) is 4.31 Å². The summed E-state index contributed by atoms with van der Waals surface area (Å²) in [4.78, 5) is 22.9. The maximum atomic E-state index is 12.9. The number of imide groups is 1. The van der Waals surface area contributed by atoms with E-state index in [1.54, 1.807) is 6.92 Å². The lowest BCUT2D eigenvalue weighted by Crippen LogP contribution is -2.44. The molecule has 1 aliphatic rings. The van der Waals surface area contributed by atoms with Gasteiger partial charge in [0.1, 0.15) is 23.4 Å². The van der Waals surface area contributed by atoms with Gasteiger partial charge in [-0.15, -0.1) is 0 Å². The van der Waals surface area contributed by atoms with Gasteiger partial charge < -0.3 is 10.1 Å². The van der Waals surface area contributed by atoms with Crippen LogP contribution < -0.4 is 15.4 Å². The second-order valence-corrected chi connectivity index (χ2v) is 7.94. The average Bonchev–Trinajstić information content (AvgIpc) is 2.99. The smallest absolute Gasteiger partial charge is 0.322 e. The van der Waals surface area contributed by atoms with Crippen molar-refractivity contribution in [3.05, 3.63) is 54.3 Å². The molecule has 0 aromatic heterocycles. The molecule has 28 heavy (non-hydrogen) atoms. The topological polar surface area (TPSA) is 105 Å². The van der Waals surface area contributed by atoms with E-state index in [1.807, 2.05) is 0 Å². The fourth-order valence-electron chi connectivity index (χ4n) is 2.66. The first-order chi connectivity index (χ1) is 13.3. The van der Waals surface area contributed by atoms with Crippen LogP contribution in [0.1, 0.15) is 6.92 Å². The van der Waals surface area contributed by atoms with Crippen molar-refractivity contribution in [2.24, 2.45) is 0 Å². The second-order valence-electron chi connectivity index (χ2n) is 6.00. The van der Waals surface area contributed by atoms with E-state index in [9.17, 15) is 22.4 Å². The highest BCUT2D eigenvalue weighted by Crippen LogP contribution is 2.24. The molecule has 1 atom stereocenters. The zero-order chi connectivity index (χ0) is 20.3. The molecule has 2 aromatic rings. The minimum atomic E-state index is -3.88. The highest BCUT2D eigenvalue weighted by Gasteiger charge is 2.34. The summed E-state index contributed by atoms with van der Waals surface area (Å²) >= 11 is 0. The van der Waals surface area contributed by atoms with Crippen LogP contribution in [0, 0.1) is 5.82 Å². The van der Waals surface area contributed by atoms with Gasteiger partial charge in [-0.1, -0.05) is 6.92 Å². The van der Waals surface area contributed by atoms with Crippen molar-refractivity contribution in [2.45, 2.75) is 17.9 Å². The Bertz CT molecular complexity index is 977. The Morgan fingerprint density at radius 1 is 1.04 bits per heavy atom. The van der Waals surface area contributed by atoms with Gasteiger partial charge in [0.2, 0.25) is 10.0 Å². The summed E-state index contributed by atoms with van der Waals surface area (Å²) in [6, 6.07) is 9.56. The van der Waals surface area contributed by atoms with Gasteiger partial charge in [0.15, 0.2) is 0 Å². The van der Waals surface area contributed by atoms with Gasteiger partial charge in [-0.2, -0.15) is 4.31 Å². The molecule has 0 aliphatic carbocycles. The lowest BCUT2D eigenvalue weighted by atomic mass is 10.3. The molecule has 0 saturated carbocycles. The van der Waals surface area contributed by atoms with Crippen molar-refractivity contribution in [2.75, 3.05) is 13.1 Å². The second kappa shape index (κ2) is 7.95. The van der Waals surface area contributed by atoms with E-state index >= 15 is 0 Å². The number of nitrogens with zero attached hydrogens (tertiary/aromatic N) is 1. The largest absolute Gasteiger partial charge is 0.457 e. The number of rotatable bonds is 7. The number of sulfonamides is 1. The van der Waals surface area contributed by atoms with E-state index < -0.39 is 28.0 Å². The molecule has 0 unspecified atom stereocenters. The van der Waals surface area contributed by atoms with Crippen LogP contribution >= 0.6 is 0 Å². The van der Waals surface area contributed by atoms with Crippen molar-refractivity contribution in [3.63, 3.8) is 0 Å². The molecule has 0 bridgehead atoms. The third-order valence-corrected chi connectivity index (χ3v) is 6.06. The average molecular weight is 407 g/mol. The van der Waals surface area contributed by atoms with Crippen molar-refractivity contribution in [3.8, 4) is 11.5 Å². The first kappa shape index (κ1) is 19.8. The third kappa shape index (κ3) is 4.29. The molecule has 3 amide bonds. The van der Waals surface area contributed by atoms with E-state index in [0.29, 0.717) is 11.5 Å². The Hall–Kier alpha value is -2.98. The number of benzene rings is 2. The Labute approximate surface area is 161 Å². The van der Waals surface area contributed by atoms with Crippen LogP contribution in [0.15, 0.2) is 53.4 Å². The van der Waals surface area contributed by atoms with Crippen molar-refractivity contribution < 1.29 is 27.1 Å². The lowest BCUT2D eigenvalue weighted by Gasteiger charge is -2.22. The number of halogens is 1. The molecule has 148 valence electrons. The number of carbonyl (C=O) groups excluding carboxylic acids is 2. The molecule has 8 nitrogen and oxygen atoms in total. The number of urea groups is 1. The summed E-state index contributed by atoms with van der Waals surface area (Å²) in [7, 11) is -3.88. The summed E-state index contributed by atoms with van der Waals surface area (Å²) in [5.41, 5.74) is 0. The number of carbonyl (C=O) groups is 2. The molecule has 3 rings (SSSR count). The van der Waals surface area contributed by atoms with E-state index in [-0.39, 0.29) is 23.8 Å². The Balaban J connectivity index is 1.74. The lowest BCUT2D eigenvalue weighted by molar-refractivity contribution is -0.120. The standard InChI is InChI=1S/C18H18FN3O5S/c1-2-22(11-16-17(23)21-18(24)20-16)28(25,26)15-9-7-14(8-10-15)27-13-5-3-12(19)4-6-13/h3-10,16H,2,11H2,1H3,(H2,20,21,23,24)/t16-/m0/s1. The van der Waals surface area contributed by atoms with Crippen LogP contribution in [0.2, 0.25) is 0 Å². The molecule has 1 saturated heterocycles. The van der Waals surface area contributed by atoms with Gasteiger partial charge in [0.05, 0.1) is 4.90 Å². The van der Waals surface area contributed by atoms with Gasteiger partial charge in [-0.05, 0) is 48.5 Å². The molecule has 10 heteroatoms. The minimum absolute atomic E-state index is 0.0190. The summed E-state index contributed by atoms with van der Waals surface area (Å²) in [6.07, 6.45) is 0. The van der Waals surface area contributed by atoms with Gasteiger partial charge in [-0.25, -0.2) is 17.6 Å². The Kier molecular flexibility index (Phi) is 5.61. The molecule has 0 spiro atoms. The van der Waals surface area contributed by atoms with Crippen LogP contribution in [-0.4, -0.2) is 43.8 Å². The predicted octanol–water partition coefficient (Wildman–Crippen LogP) is 1.84. The number of hydrogen-bond acceptors (Lipinski definition) is 5. The molecule has 1 heterocycles. The molecule has 2 aromatic carbocycles. The number of amides is 3. The highest BCUT2D eigenvalue weighted by atomic mass is 32.2. The van der Waals surface area contributed by atoms with Crippen molar-refractivity contribution >= 4 is 22.0 Å². The summed E-state index contributed by atoms with van der Waals surface area (Å²) in [6.45, 7) is 1.58. The normalized spacial score (nSPS) is 16.8. The van der Waals surface area contributed by atoms with Gasteiger partial charge >= 0.3 is 6.03 Å². The summed E-state index contributed by atoms with van der Waals surface area (Å²) in [5, 5.41) is 4.45. The minimum Gasteiger partial charge on any atom is -0.457 e. The summed E-state index contributed by atoms with van der Waals surface area (Å²) < 4.78 is 45.3. The molecular weight excluding hydrogens is 389 g/mol. The maximum Gasteiger partial charge on any atom is 0.322 e. The fraction of sp³-hybridized carbons (Fsp3) is 0.222. The molecule has 1 aliphatic heterocycles. The SMILES string of the molecule is CCN(C[C@@H]1NC(=O)NC1=O)S(=O)(=O)c1ccc(Oc2ccc(F)cc2)cc1. The third-order valence-electron chi connectivity index (χ3n) is 4.11. The predicted molar refractivity (Wildman–Crippen MR) is 97.8 cm³/mol. The summed E-state index contributed by atoms with van der Waals surface area (Å²) in [5.74, 6) is -0.159. The zero-order valence-corrected chi connectivity index (χ0v) is 15.7. The molecule has 1 fully saturated rings. The molecular formula is C18H18FN3O5S. The number of likely N-dealkylation sites (N-methyl/N-ethyl adjacent to an activating group) is 1. The van der Waals surface area contributed by atoms with Gasteiger partial charge in [0.25, 0.3) is 5.91 Å². The zero-order valence-electron chi connectivity index (χ0n) is 14.9. The maximum absolute atomic E-state index is 12.9. The van der Waals surface area contributed by atoms with Gasteiger partial charge in [0, 0.05) is 13.1 Å². The Morgan fingerprint density at radius 2 is 1.61 bits per heavy atom. The number of hydrogen-bond donors (Lipinski definition) is 2. The number of ether oxygens (including phenoxy) is 1. The monoisotopic (exact) mass is 407 g/mol. The van der Waals surface area contributed by atoms with E-state index in [1.165, 1.54) is 48.5 Å². The van der Waals surface area contributed by atoms with Gasteiger partial charge in [-0.3, -0.25) is 10.1 Å². The van der Waals surface area contributed by atoms with E-state index in [2.05, 4.69) is 10.6 Å². The highest BCUT2D eigenvalue weighted by molar-refractivity contribution is 7.89. The van der Waals surface area contributed by atoms with Crippen LogP contribution in [0.3, 0.4) is 0 Å². The van der Waals surface area contributed by atoms with Crippen molar-refractivity contribution in [1.29, 1.82) is 0 Å². The number of nitrogens with one attached hydrogen (secondary N) is 2. The van der Waals surface area contributed by atoms with Crippen LogP contribution in [0.5, 0.6) is 11.5 Å². The first-order valence-corrected chi connectivity index (χ1v) is 9.88. The van der Waals surface area contributed by atoms with Crippen LogP contribution in [0.4, 0.5) is 9.18 Å². The molecule has 2 N–H and O–H groups in total. The quantitative estimate of drug-likeness (QED) is 0.682. The Morgan fingerprint density at radius 3 is 2.11 bits per heavy atom. The molecule has 0 radical (unpaired) electrons. The van der Waals surface area contributed by atoms with Crippen LogP contribution in [0.25, 0.3) is 0 Å². The van der Waals surface area contributed by atoms with Crippen molar-refractivity contribution in [1.82, 2.24) is 14.9 Å².